The molecule has 0 aliphatic heterocycles. The van der Waals surface area contributed by atoms with Crippen molar-refractivity contribution in [1.82, 2.24) is 16.0 Å². The molecule has 3 atom stereocenters. The van der Waals surface area contributed by atoms with E-state index in [0.717, 1.165) is 5.56 Å². The number of aliphatic carboxylic acids is 2. The molecular weight excluding hydrogens is 710 g/mol. The van der Waals surface area contributed by atoms with Crippen LogP contribution in [0.5, 0.6) is 23.0 Å². The summed E-state index contributed by atoms with van der Waals surface area (Å²) in [5.41, 5.74) is 1.73. The first-order chi connectivity index (χ1) is 26.0. The van der Waals surface area contributed by atoms with E-state index in [1.165, 1.54) is 19.1 Å². The van der Waals surface area contributed by atoms with E-state index in [1.54, 1.807) is 75.4 Å². The minimum atomic E-state index is -1.43. The summed E-state index contributed by atoms with van der Waals surface area (Å²) in [6.45, 7) is 6.45. The minimum absolute atomic E-state index is 0.0141. The lowest BCUT2D eigenvalue weighted by Gasteiger charge is -2.25. The van der Waals surface area contributed by atoms with E-state index < -0.39 is 53.6 Å². The number of carboxylic acids is 2. The van der Waals surface area contributed by atoms with Crippen molar-refractivity contribution in [2.75, 3.05) is 0 Å². The second-order valence-electron chi connectivity index (χ2n) is 13.8. The van der Waals surface area contributed by atoms with Crippen LogP contribution in [0.3, 0.4) is 0 Å². The van der Waals surface area contributed by atoms with E-state index in [9.17, 15) is 39.3 Å². The third-order valence-electron chi connectivity index (χ3n) is 7.95. The summed E-state index contributed by atoms with van der Waals surface area (Å²) >= 11 is 0. The SMILES string of the molecule is CC(=O)N[C@@H](Cc1ccc(Oc2cc(C[C@H](NC(=O)[C@H](Cc3ccc(O)cc3)NC(=O)OC(C)(C)C)C(=O)O)ccc2OCc2ccccc2)cc1)C(=O)O. The smallest absolute Gasteiger partial charge is 0.408 e. The first kappa shape index (κ1) is 41.2. The van der Waals surface area contributed by atoms with Crippen molar-refractivity contribution in [1.29, 1.82) is 0 Å². The number of amides is 3. The average molecular weight is 756 g/mol. The number of aromatic hydroxyl groups is 1. The van der Waals surface area contributed by atoms with Gasteiger partial charge in [-0.05, 0) is 79.4 Å². The number of hydrogen-bond acceptors (Lipinski definition) is 9. The van der Waals surface area contributed by atoms with Gasteiger partial charge in [-0.25, -0.2) is 14.4 Å². The van der Waals surface area contributed by atoms with E-state index in [-0.39, 0.29) is 37.4 Å². The van der Waals surface area contributed by atoms with Crippen LogP contribution in [0, 0.1) is 0 Å². The Labute approximate surface area is 318 Å². The maximum Gasteiger partial charge on any atom is 0.408 e. The molecule has 55 heavy (non-hydrogen) atoms. The Morgan fingerprint density at radius 3 is 1.76 bits per heavy atom. The Morgan fingerprint density at radius 1 is 0.636 bits per heavy atom. The maximum absolute atomic E-state index is 13.6. The largest absolute Gasteiger partial charge is 0.508 e. The molecule has 0 aliphatic rings. The second-order valence-corrected chi connectivity index (χ2v) is 13.8. The normalized spacial score (nSPS) is 12.7. The van der Waals surface area contributed by atoms with Gasteiger partial charge in [0, 0.05) is 26.2 Å². The van der Waals surface area contributed by atoms with Crippen LogP contribution in [-0.2, 0) is 49.8 Å². The zero-order valence-electron chi connectivity index (χ0n) is 30.9. The molecule has 0 spiro atoms. The molecule has 0 radical (unpaired) electrons. The summed E-state index contributed by atoms with van der Waals surface area (Å²) in [5.74, 6) is -2.76. The van der Waals surface area contributed by atoms with Crippen molar-refractivity contribution in [3.8, 4) is 23.0 Å². The number of phenols is 1. The molecule has 0 bridgehead atoms. The number of phenolic OH excluding ortho intramolecular Hbond substituents is 1. The third-order valence-corrected chi connectivity index (χ3v) is 7.95. The first-order valence-corrected chi connectivity index (χ1v) is 17.4. The molecule has 0 aliphatic carbocycles. The van der Waals surface area contributed by atoms with Crippen molar-refractivity contribution in [2.24, 2.45) is 0 Å². The van der Waals surface area contributed by atoms with Gasteiger partial charge in [-0.3, -0.25) is 9.59 Å². The van der Waals surface area contributed by atoms with Crippen LogP contribution in [0.1, 0.15) is 49.9 Å². The molecule has 0 saturated carbocycles. The number of nitrogens with one attached hydrogen (secondary N) is 3. The molecule has 0 heterocycles. The van der Waals surface area contributed by atoms with Crippen LogP contribution in [0.15, 0.2) is 97.1 Å². The van der Waals surface area contributed by atoms with E-state index in [4.69, 9.17) is 14.2 Å². The van der Waals surface area contributed by atoms with Gasteiger partial charge in [0.25, 0.3) is 0 Å². The van der Waals surface area contributed by atoms with Crippen LogP contribution in [-0.4, -0.2) is 68.9 Å². The van der Waals surface area contributed by atoms with Gasteiger partial charge in [-0.2, -0.15) is 0 Å². The molecule has 290 valence electrons. The quantitative estimate of drug-likeness (QED) is 0.0831. The highest BCUT2D eigenvalue weighted by atomic mass is 16.6. The van der Waals surface area contributed by atoms with Crippen LogP contribution in [0.2, 0.25) is 0 Å². The lowest BCUT2D eigenvalue weighted by molar-refractivity contribution is -0.142. The van der Waals surface area contributed by atoms with Crippen LogP contribution in [0.4, 0.5) is 4.79 Å². The fourth-order valence-electron chi connectivity index (χ4n) is 5.35. The highest BCUT2D eigenvalue weighted by Crippen LogP contribution is 2.34. The van der Waals surface area contributed by atoms with Gasteiger partial charge in [-0.15, -0.1) is 0 Å². The summed E-state index contributed by atoms with van der Waals surface area (Å²) in [7, 11) is 0. The van der Waals surface area contributed by atoms with Gasteiger partial charge < -0.3 is 45.5 Å². The van der Waals surface area contributed by atoms with E-state index in [1.807, 2.05) is 30.3 Å². The molecule has 14 nitrogen and oxygen atoms in total. The molecular formula is C41H45N3O11. The number of carbonyl (C=O) groups is 5. The Kier molecular flexibility index (Phi) is 14.2. The average Bonchev–Trinajstić information content (AvgIpc) is 3.11. The summed E-state index contributed by atoms with van der Waals surface area (Å²) in [6.07, 6.45) is -1.02. The van der Waals surface area contributed by atoms with E-state index in [0.29, 0.717) is 28.2 Å². The zero-order valence-corrected chi connectivity index (χ0v) is 30.9. The Balaban J connectivity index is 1.56. The molecule has 0 saturated heterocycles. The molecule has 3 amide bonds. The third kappa shape index (κ3) is 13.7. The number of hydrogen-bond donors (Lipinski definition) is 6. The fourth-order valence-corrected chi connectivity index (χ4v) is 5.35. The van der Waals surface area contributed by atoms with Crippen molar-refractivity contribution < 1.29 is 53.5 Å². The van der Waals surface area contributed by atoms with Gasteiger partial charge in [0.2, 0.25) is 11.8 Å². The molecule has 0 unspecified atom stereocenters. The van der Waals surface area contributed by atoms with Crippen molar-refractivity contribution >= 4 is 29.8 Å². The summed E-state index contributed by atoms with van der Waals surface area (Å²) in [5, 5.41) is 36.9. The van der Waals surface area contributed by atoms with E-state index >= 15 is 0 Å². The standard InChI is InChI=1S/C41H45N3O11/c1-25(45)42-33(38(48)49)21-27-12-17-31(18-13-27)54-36-23-29(14-19-35(36)53-24-28-8-6-5-7-9-28)22-34(39(50)51)43-37(47)32(44-40(52)55-41(2,3)4)20-26-10-15-30(46)16-11-26/h5-19,23,32-34,46H,20-22,24H2,1-4H3,(H,42,45)(H,43,47)(H,44,52)(H,48,49)(H,50,51)/t32-,33-,34-/m0/s1. The molecule has 4 aromatic carbocycles. The minimum Gasteiger partial charge on any atom is -0.508 e. The molecule has 14 heteroatoms. The number of rotatable bonds is 17. The van der Waals surface area contributed by atoms with E-state index in [2.05, 4.69) is 16.0 Å². The molecule has 0 aromatic heterocycles. The summed E-state index contributed by atoms with van der Waals surface area (Å²) < 4.78 is 17.6. The lowest BCUT2D eigenvalue weighted by Crippen LogP contribution is -2.53. The second kappa shape index (κ2) is 19.0. The lowest BCUT2D eigenvalue weighted by atomic mass is 10.0. The highest BCUT2D eigenvalue weighted by Gasteiger charge is 2.29. The Morgan fingerprint density at radius 2 is 1.18 bits per heavy atom. The van der Waals surface area contributed by atoms with Gasteiger partial charge in [0.15, 0.2) is 11.5 Å². The van der Waals surface area contributed by atoms with Gasteiger partial charge in [0.05, 0.1) is 0 Å². The number of ether oxygens (including phenoxy) is 3. The number of carbonyl (C=O) groups excluding carboxylic acids is 3. The molecule has 4 aromatic rings. The summed E-state index contributed by atoms with van der Waals surface area (Å²) in [6, 6.07) is 23.1. The maximum atomic E-state index is 13.6. The molecule has 6 N–H and O–H groups in total. The first-order valence-electron chi connectivity index (χ1n) is 17.4. The Bertz CT molecular complexity index is 1940. The topological polar surface area (TPSA) is 210 Å². The van der Waals surface area contributed by atoms with Gasteiger partial charge >= 0.3 is 18.0 Å². The highest BCUT2D eigenvalue weighted by molar-refractivity contribution is 5.89. The van der Waals surface area contributed by atoms with Crippen LogP contribution >= 0.6 is 0 Å². The van der Waals surface area contributed by atoms with Crippen LogP contribution in [0.25, 0.3) is 0 Å². The monoisotopic (exact) mass is 755 g/mol. The van der Waals surface area contributed by atoms with Crippen molar-refractivity contribution in [2.45, 2.75) is 77.3 Å². The Hall–Kier alpha value is -6.57. The predicted octanol–water partition coefficient (Wildman–Crippen LogP) is 5.14. The fraction of sp³-hybridized carbons (Fsp3) is 0.293. The van der Waals surface area contributed by atoms with Gasteiger partial charge in [-0.1, -0.05) is 60.7 Å². The van der Waals surface area contributed by atoms with Crippen LogP contribution < -0.4 is 25.4 Å². The zero-order chi connectivity index (χ0) is 40.1. The number of benzene rings is 4. The number of alkyl carbamates (subject to hydrolysis) is 1. The van der Waals surface area contributed by atoms with Crippen molar-refractivity contribution in [3.63, 3.8) is 0 Å². The van der Waals surface area contributed by atoms with Gasteiger partial charge in [0.1, 0.15) is 41.8 Å². The summed E-state index contributed by atoms with van der Waals surface area (Å²) in [4.78, 5) is 61.9. The number of carboxylic acid groups (broad SMARTS) is 2. The molecule has 4 rings (SSSR count). The predicted molar refractivity (Wildman–Crippen MR) is 201 cm³/mol. The van der Waals surface area contributed by atoms with Crippen molar-refractivity contribution in [3.05, 3.63) is 119 Å². The molecule has 0 fully saturated rings.